The first-order chi connectivity index (χ1) is 10.7. The highest BCUT2D eigenvalue weighted by atomic mass is 32.2. The van der Waals surface area contributed by atoms with E-state index in [1.54, 1.807) is 23.1 Å². The lowest BCUT2D eigenvalue weighted by Crippen LogP contribution is -2.54. The monoisotopic (exact) mass is 339 g/mol. The van der Waals surface area contributed by atoms with Gasteiger partial charge in [-0.2, -0.15) is 4.31 Å². The summed E-state index contributed by atoms with van der Waals surface area (Å²) in [5.41, 5.74) is 1.96. The molecule has 1 aliphatic rings. The lowest BCUT2D eigenvalue weighted by molar-refractivity contribution is -0.133. The number of benzene rings is 1. The van der Waals surface area contributed by atoms with Crippen molar-refractivity contribution in [1.82, 2.24) is 14.5 Å². The third-order valence-corrected chi connectivity index (χ3v) is 6.17. The predicted molar refractivity (Wildman–Crippen MR) is 89.8 cm³/mol. The van der Waals surface area contributed by atoms with Crippen LogP contribution in [0.5, 0.6) is 0 Å². The van der Waals surface area contributed by atoms with Crippen molar-refractivity contribution < 1.29 is 13.2 Å². The molecule has 0 aromatic heterocycles. The standard InChI is InChI=1S/C16H25N3O3S/c1-12-5-6-15(9-13(12)2)23(21,22)18(4)11-16(20)19-8-7-17-10-14(19)3/h5-6,9,14,17H,7-8,10-11H2,1-4H3/t14-/m0/s1. The largest absolute Gasteiger partial charge is 0.336 e. The predicted octanol–water partition coefficient (Wildman–Crippen LogP) is 0.744. The van der Waals surface area contributed by atoms with Crippen molar-refractivity contribution in [2.75, 3.05) is 33.2 Å². The summed E-state index contributed by atoms with van der Waals surface area (Å²) in [6.45, 7) is 7.72. The van der Waals surface area contributed by atoms with Crippen LogP contribution in [0, 0.1) is 13.8 Å². The number of rotatable bonds is 4. The molecule has 128 valence electrons. The Kier molecular flexibility index (Phi) is 5.44. The summed E-state index contributed by atoms with van der Waals surface area (Å²) < 4.78 is 26.4. The van der Waals surface area contributed by atoms with Gasteiger partial charge in [0.1, 0.15) is 0 Å². The topological polar surface area (TPSA) is 69.7 Å². The number of nitrogens with one attached hydrogen (secondary N) is 1. The Morgan fingerprint density at radius 1 is 1.35 bits per heavy atom. The van der Waals surface area contributed by atoms with E-state index in [2.05, 4.69) is 5.32 Å². The van der Waals surface area contributed by atoms with Crippen LogP contribution in [0.2, 0.25) is 0 Å². The first-order valence-electron chi connectivity index (χ1n) is 7.77. The summed E-state index contributed by atoms with van der Waals surface area (Å²) in [4.78, 5) is 14.4. The van der Waals surface area contributed by atoms with Gasteiger partial charge in [0.15, 0.2) is 0 Å². The first kappa shape index (κ1) is 17.9. The summed E-state index contributed by atoms with van der Waals surface area (Å²) in [6, 6.07) is 5.11. The van der Waals surface area contributed by atoms with E-state index in [0.717, 1.165) is 28.5 Å². The quantitative estimate of drug-likeness (QED) is 0.879. The van der Waals surface area contributed by atoms with Crippen LogP contribution in [-0.2, 0) is 14.8 Å². The van der Waals surface area contributed by atoms with Crippen LogP contribution in [0.15, 0.2) is 23.1 Å². The molecule has 1 aliphatic heterocycles. The van der Waals surface area contributed by atoms with Crippen LogP contribution in [0.4, 0.5) is 0 Å². The fourth-order valence-corrected chi connectivity index (χ4v) is 3.84. The fourth-order valence-electron chi connectivity index (χ4n) is 2.63. The van der Waals surface area contributed by atoms with Crippen molar-refractivity contribution in [2.45, 2.75) is 31.7 Å². The number of carbonyl (C=O) groups is 1. The number of sulfonamides is 1. The SMILES string of the molecule is Cc1ccc(S(=O)(=O)N(C)CC(=O)N2CCNC[C@@H]2C)cc1C. The van der Waals surface area contributed by atoms with Gasteiger partial charge in [-0.15, -0.1) is 0 Å². The van der Waals surface area contributed by atoms with Gasteiger partial charge in [-0.3, -0.25) is 4.79 Å². The number of piperazine rings is 1. The van der Waals surface area contributed by atoms with E-state index >= 15 is 0 Å². The molecule has 2 rings (SSSR count). The minimum Gasteiger partial charge on any atom is -0.336 e. The van der Waals surface area contributed by atoms with Crippen molar-refractivity contribution in [3.8, 4) is 0 Å². The lowest BCUT2D eigenvalue weighted by Gasteiger charge is -2.34. The molecule has 0 aliphatic carbocycles. The molecule has 1 fully saturated rings. The van der Waals surface area contributed by atoms with E-state index in [0.29, 0.717) is 6.54 Å². The molecule has 0 saturated carbocycles. The van der Waals surface area contributed by atoms with Crippen molar-refractivity contribution in [3.63, 3.8) is 0 Å². The number of likely N-dealkylation sites (N-methyl/N-ethyl adjacent to an activating group) is 1. The Hall–Kier alpha value is -1.44. The van der Waals surface area contributed by atoms with E-state index in [4.69, 9.17) is 0 Å². The van der Waals surface area contributed by atoms with Gasteiger partial charge in [0.25, 0.3) is 0 Å². The molecule has 0 radical (unpaired) electrons. The van der Waals surface area contributed by atoms with Crippen LogP contribution in [0.3, 0.4) is 0 Å². The van der Waals surface area contributed by atoms with Crippen LogP contribution in [-0.4, -0.2) is 62.8 Å². The Morgan fingerprint density at radius 2 is 2.04 bits per heavy atom. The highest BCUT2D eigenvalue weighted by molar-refractivity contribution is 7.89. The molecule has 1 saturated heterocycles. The van der Waals surface area contributed by atoms with Crippen LogP contribution >= 0.6 is 0 Å². The Labute approximate surface area is 138 Å². The minimum atomic E-state index is -3.66. The van der Waals surface area contributed by atoms with E-state index in [1.165, 1.54) is 7.05 Å². The third-order valence-electron chi connectivity index (χ3n) is 4.37. The second-order valence-electron chi connectivity index (χ2n) is 6.15. The molecule has 1 aromatic rings. The molecule has 1 heterocycles. The summed E-state index contributed by atoms with van der Waals surface area (Å²) in [5.74, 6) is -0.158. The van der Waals surface area contributed by atoms with Gasteiger partial charge in [0.05, 0.1) is 11.4 Å². The average Bonchev–Trinajstić information content (AvgIpc) is 2.50. The fraction of sp³-hybridized carbons (Fsp3) is 0.562. The van der Waals surface area contributed by atoms with Crippen LogP contribution < -0.4 is 5.32 Å². The highest BCUT2D eigenvalue weighted by Crippen LogP contribution is 2.18. The van der Waals surface area contributed by atoms with Crippen molar-refractivity contribution >= 4 is 15.9 Å². The third kappa shape index (κ3) is 3.91. The Bertz CT molecular complexity index is 688. The van der Waals surface area contributed by atoms with E-state index < -0.39 is 10.0 Å². The molecule has 1 amide bonds. The van der Waals surface area contributed by atoms with Gasteiger partial charge in [-0.25, -0.2) is 8.42 Å². The number of nitrogens with zero attached hydrogens (tertiary/aromatic N) is 2. The van der Waals surface area contributed by atoms with Gasteiger partial charge in [0.2, 0.25) is 15.9 Å². The molecule has 7 heteroatoms. The summed E-state index contributed by atoms with van der Waals surface area (Å²) in [6.07, 6.45) is 0. The van der Waals surface area contributed by atoms with Gasteiger partial charge < -0.3 is 10.2 Å². The second-order valence-corrected chi connectivity index (χ2v) is 8.19. The number of carbonyl (C=O) groups excluding carboxylic acids is 1. The van der Waals surface area contributed by atoms with E-state index in [1.807, 2.05) is 20.8 Å². The number of hydrogen-bond donors (Lipinski definition) is 1. The van der Waals surface area contributed by atoms with Crippen LogP contribution in [0.1, 0.15) is 18.1 Å². The molecule has 1 atom stereocenters. The van der Waals surface area contributed by atoms with Gasteiger partial charge in [0, 0.05) is 32.7 Å². The first-order valence-corrected chi connectivity index (χ1v) is 9.21. The highest BCUT2D eigenvalue weighted by Gasteiger charge is 2.28. The average molecular weight is 339 g/mol. The second kappa shape index (κ2) is 6.98. The molecule has 1 aromatic carbocycles. The molecule has 0 spiro atoms. The van der Waals surface area contributed by atoms with E-state index in [-0.39, 0.29) is 23.4 Å². The minimum absolute atomic E-state index is 0.0778. The molecule has 0 unspecified atom stereocenters. The molecule has 23 heavy (non-hydrogen) atoms. The molecule has 1 N–H and O–H groups in total. The summed E-state index contributed by atoms with van der Waals surface area (Å²) in [5, 5.41) is 3.21. The van der Waals surface area contributed by atoms with Gasteiger partial charge in [-0.05, 0) is 44.0 Å². The number of aryl methyl sites for hydroxylation is 2. The summed E-state index contributed by atoms with van der Waals surface area (Å²) >= 11 is 0. The lowest BCUT2D eigenvalue weighted by atomic mass is 10.1. The molecular formula is C16H25N3O3S. The number of hydrogen-bond acceptors (Lipinski definition) is 4. The summed E-state index contributed by atoms with van der Waals surface area (Å²) in [7, 11) is -2.21. The Balaban J connectivity index is 2.13. The zero-order valence-corrected chi connectivity index (χ0v) is 15.0. The number of amides is 1. The maximum atomic E-state index is 12.6. The molecule has 0 bridgehead atoms. The van der Waals surface area contributed by atoms with Gasteiger partial charge in [-0.1, -0.05) is 6.07 Å². The van der Waals surface area contributed by atoms with Crippen molar-refractivity contribution in [1.29, 1.82) is 0 Å². The van der Waals surface area contributed by atoms with Crippen molar-refractivity contribution in [3.05, 3.63) is 29.3 Å². The zero-order valence-electron chi connectivity index (χ0n) is 14.2. The van der Waals surface area contributed by atoms with Crippen LogP contribution in [0.25, 0.3) is 0 Å². The van der Waals surface area contributed by atoms with E-state index in [9.17, 15) is 13.2 Å². The maximum Gasteiger partial charge on any atom is 0.243 e. The van der Waals surface area contributed by atoms with Gasteiger partial charge >= 0.3 is 0 Å². The zero-order chi connectivity index (χ0) is 17.2. The normalized spacial score (nSPS) is 19.2. The van der Waals surface area contributed by atoms with Crippen molar-refractivity contribution in [2.24, 2.45) is 0 Å². The molecule has 6 nitrogen and oxygen atoms in total. The smallest absolute Gasteiger partial charge is 0.243 e. The Morgan fingerprint density at radius 3 is 2.65 bits per heavy atom. The molecular weight excluding hydrogens is 314 g/mol. The maximum absolute atomic E-state index is 12.6.